The quantitative estimate of drug-likeness (QED) is 0.803. The molecule has 1 N–H and O–H groups in total. The smallest absolute Gasteiger partial charge is 0.303 e. The standard InChI is InChI=1S/C17H28O3/c1-9-5-6-13(17(20)12(4)11(9)3)15-7-10(2)14(15)8-16(18)19/h9-15H,5-8H2,1-4H3,(H,18,19). The van der Waals surface area contributed by atoms with E-state index >= 15 is 0 Å². The summed E-state index contributed by atoms with van der Waals surface area (Å²) in [6.07, 6.45) is 3.33. The Morgan fingerprint density at radius 1 is 1.15 bits per heavy atom. The van der Waals surface area contributed by atoms with Gasteiger partial charge in [0.1, 0.15) is 5.78 Å². The molecule has 2 rings (SSSR count). The summed E-state index contributed by atoms with van der Waals surface area (Å²) in [5.41, 5.74) is 0. The van der Waals surface area contributed by atoms with Crippen LogP contribution in [-0.2, 0) is 9.59 Å². The third kappa shape index (κ3) is 2.77. The van der Waals surface area contributed by atoms with Gasteiger partial charge in [-0.25, -0.2) is 0 Å². The van der Waals surface area contributed by atoms with E-state index in [0.717, 1.165) is 19.3 Å². The normalized spacial score (nSPS) is 45.6. The fraction of sp³-hybridized carbons (Fsp3) is 0.882. The van der Waals surface area contributed by atoms with E-state index in [1.807, 2.05) is 0 Å². The van der Waals surface area contributed by atoms with Crippen molar-refractivity contribution in [2.75, 3.05) is 0 Å². The van der Waals surface area contributed by atoms with Crippen LogP contribution in [0, 0.1) is 41.4 Å². The van der Waals surface area contributed by atoms with Crippen molar-refractivity contribution in [2.24, 2.45) is 41.4 Å². The summed E-state index contributed by atoms with van der Waals surface area (Å²) < 4.78 is 0. The van der Waals surface area contributed by atoms with Crippen LogP contribution < -0.4 is 0 Å². The van der Waals surface area contributed by atoms with Gasteiger partial charge in [0.05, 0.1) is 0 Å². The molecule has 0 heterocycles. The Kier molecular flexibility index (Phi) is 4.55. The molecule has 114 valence electrons. The van der Waals surface area contributed by atoms with Gasteiger partial charge in [-0.2, -0.15) is 0 Å². The fourth-order valence-corrected chi connectivity index (χ4v) is 4.38. The average Bonchev–Trinajstić information content (AvgIpc) is 2.48. The van der Waals surface area contributed by atoms with E-state index in [2.05, 4.69) is 27.7 Å². The monoisotopic (exact) mass is 280 g/mol. The number of carboxylic acid groups (broad SMARTS) is 1. The second-order valence-electron chi connectivity index (χ2n) is 7.35. The van der Waals surface area contributed by atoms with Crippen LogP contribution in [0.1, 0.15) is 53.4 Å². The highest BCUT2D eigenvalue weighted by Crippen LogP contribution is 2.50. The van der Waals surface area contributed by atoms with Crippen LogP contribution in [0.5, 0.6) is 0 Å². The first-order valence-electron chi connectivity index (χ1n) is 8.08. The Labute approximate surface area is 122 Å². The van der Waals surface area contributed by atoms with Crippen molar-refractivity contribution < 1.29 is 14.7 Å². The molecule has 2 aliphatic rings. The van der Waals surface area contributed by atoms with Gasteiger partial charge in [0.2, 0.25) is 0 Å². The zero-order valence-corrected chi connectivity index (χ0v) is 13.1. The molecule has 0 aromatic carbocycles. The van der Waals surface area contributed by atoms with Crippen molar-refractivity contribution in [1.29, 1.82) is 0 Å². The Morgan fingerprint density at radius 3 is 2.35 bits per heavy atom. The fourth-order valence-electron chi connectivity index (χ4n) is 4.38. The van der Waals surface area contributed by atoms with Gasteiger partial charge in [0.15, 0.2) is 0 Å². The summed E-state index contributed by atoms with van der Waals surface area (Å²) >= 11 is 0. The molecule has 3 nitrogen and oxygen atoms in total. The maximum atomic E-state index is 12.7. The lowest BCUT2D eigenvalue weighted by Crippen LogP contribution is -2.44. The molecule has 0 bridgehead atoms. The van der Waals surface area contributed by atoms with E-state index in [-0.39, 0.29) is 24.2 Å². The minimum Gasteiger partial charge on any atom is -0.481 e. The highest BCUT2D eigenvalue weighted by molar-refractivity contribution is 5.84. The lowest BCUT2D eigenvalue weighted by molar-refractivity contribution is -0.144. The van der Waals surface area contributed by atoms with Crippen LogP contribution in [0.25, 0.3) is 0 Å². The molecule has 0 spiro atoms. The second-order valence-corrected chi connectivity index (χ2v) is 7.35. The van der Waals surface area contributed by atoms with Crippen LogP contribution in [-0.4, -0.2) is 16.9 Å². The highest BCUT2D eigenvalue weighted by Gasteiger charge is 2.47. The van der Waals surface area contributed by atoms with Gasteiger partial charge in [-0.3, -0.25) is 9.59 Å². The molecule has 7 atom stereocenters. The van der Waals surface area contributed by atoms with E-state index in [1.54, 1.807) is 0 Å². The molecule has 0 radical (unpaired) electrons. The Hall–Kier alpha value is -0.860. The third-order valence-corrected chi connectivity index (χ3v) is 6.29. The van der Waals surface area contributed by atoms with E-state index in [0.29, 0.717) is 29.5 Å². The van der Waals surface area contributed by atoms with Crippen LogP contribution >= 0.6 is 0 Å². The maximum Gasteiger partial charge on any atom is 0.303 e. The molecule has 7 unspecified atom stereocenters. The van der Waals surface area contributed by atoms with Gasteiger partial charge < -0.3 is 5.11 Å². The van der Waals surface area contributed by atoms with Gasteiger partial charge in [-0.15, -0.1) is 0 Å². The predicted molar refractivity (Wildman–Crippen MR) is 78.2 cm³/mol. The van der Waals surface area contributed by atoms with Crippen molar-refractivity contribution >= 4 is 11.8 Å². The summed E-state index contributed by atoms with van der Waals surface area (Å²) in [5, 5.41) is 9.06. The Balaban J connectivity index is 2.11. The number of aliphatic carboxylic acids is 1. The van der Waals surface area contributed by atoms with E-state index in [1.165, 1.54) is 0 Å². The molecule has 0 amide bonds. The molecule has 2 aliphatic carbocycles. The molecule has 0 aromatic heterocycles. The van der Waals surface area contributed by atoms with Gasteiger partial charge in [0.25, 0.3) is 0 Å². The lowest BCUT2D eigenvalue weighted by Gasteiger charge is -2.46. The average molecular weight is 280 g/mol. The summed E-state index contributed by atoms with van der Waals surface area (Å²) in [5.74, 6) is 1.92. The summed E-state index contributed by atoms with van der Waals surface area (Å²) in [7, 11) is 0. The van der Waals surface area contributed by atoms with Crippen molar-refractivity contribution in [2.45, 2.75) is 53.4 Å². The van der Waals surface area contributed by atoms with Crippen LogP contribution in [0.4, 0.5) is 0 Å². The van der Waals surface area contributed by atoms with E-state index in [4.69, 9.17) is 5.11 Å². The maximum absolute atomic E-state index is 12.7. The number of rotatable bonds is 3. The summed E-state index contributed by atoms with van der Waals surface area (Å²) in [6, 6.07) is 0. The molecule has 3 heteroatoms. The summed E-state index contributed by atoms with van der Waals surface area (Å²) in [4.78, 5) is 23.7. The minimum atomic E-state index is -0.720. The molecule has 0 aromatic rings. The molecule has 0 aliphatic heterocycles. The largest absolute Gasteiger partial charge is 0.481 e. The van der Waals surface area contributed by atoms with E-state index in [9.17, 15) is 9.59 Å². The minimum absolute atomic E-state index is 0.109. The number of hydrogen-bond acceptors (Lipinski definition) is 2. The van der Waals surface area contributed by atoms with Crippen molar-refractivity contribution in [3.8, 4) is 0 Å². The Morgan fingerprint density at radius 2 is 1.80 bits per heavy atom. The van der Waals surface area contributed by atoms with Gasteiger partial charge >= 0.3 is 5.97 Å². The number of Topliss-reactive ketones (excluding diaryl/α,β-unsaturated/α-hetero) is 1. The molecule has 20 heavy (non-hydrogen) atoms. The number of hydrogen-bond donors (Lipinski definition) is 1. The molecule has 2 saturated carbocycles. The van der Waals surface area contributed by atoms with Crippen molar-refractivity contribution in [3.05, 3.63) is 0 Å². The number of carbonyl (C=O) groups is 2. The topological polar surface area (TPSA) is 54.4 Å². The number of carboxylic acids is 1. The number of ketones is 1. The molecule has 0 saturated heterocycles. The van der Waals surface area contributed by atoms with Gasteiger partial charge in [-0.05, 0) is 48.9 Å². The van der Waals surface area contributed by atoms with Gasteiger partial charge in [0, 0.05) is 18.3 Å². The third-order valence-electron chi connectivity index (χ3n) is 6.29. The summed E-state index contributed by atoms with van der Waals surface area (Å²) in [6.45, 7) is 8.62. The number of carbonyl (C=O) groups excluding carboxylic acids is 1. The zero-order chi connectivity index (χ0) is 15.0. The van der Waals surface area contributed by atoms with Crippen LogP contribution in [0.2, 0.25) is 0 Å². The molecular formula is C17H28O3. The van der Waals surface area contributed by atoms with Gasteiger partial charge in [-0.1, -0.05) is 27.7 Å². The SMILES string of the molecule is CC1CCC(C2CC(C)C2CC(=O)O)C(=O)C(C)C1C. The van der Waals surface area contributed by atoms with Crippen molar-refractivity contribution in [3.63, 3.8) is 0 Å². The second kappa shape index (κ2) is 5.87. The first-order valence-corrected chi connectivity index (χ1v) is 8.08. The van der Waals surface area contributed by atoms with Crippen LogP contribution in [0.3, 0.4) is 0 Å². The molecular weight excluding hydrogens is 252 g/mol. The predicted octanol–water partition coefficient (Wildman–Crippen LogP) is 3.62. The van der Waals surface area contributed by atoms with Crippen molar-refractivity contribution in [1.82, 2.24) is 0 Å². The highest BCUT2D eigenvalue weighted by atomic mass is 16.4. The first-order chi connectivity index (χ1) is 9.32. The Bertz CT molecular complexity index is 390. The lowest BCUT2D eigenvalue weighted by atomic mass is 9.57. The zero-order valence-electron chi connectivity index (χ0n) is 13.1. The van der Waals surface area contributed by atoms with E-state index < -0.39 is 5.97 Å². The first kappa shape index (κ1) is 15.5. The molecule has 2 fully saturated rings. The van der Waals surface area contributed by atoms with Crippen LogP contribution in [0.15, 0.2) is 0 Å².